The molecule has 1 saturated heterocycles. The van der Waals surface area contributed by atoms with Gasteiger partial charge < -0.3 is 5.73 Å². The number of nitrogens with two attached hydrogens (primary N) is 1. The first-order valence-corrected chi connectivity index (χ1v) is 5.62. The Labute approximate surface area is 89.8 Å². The van der Waals surface area contributed by atoms with E-state index in [0.29, 0.717) is 19.5 Å². The van der Waals surface area contributed by atoms with Gasteiger partial charge in [-0.05, 0) is 31.2 Å². The van der Waals surface area contributed by atoms with Crippen LogP contribution in [-0.4, -0.2) is 29.8 Å². The molecule has 1 aliphatic heterocycles. The third-order valence-electron chi connectivity index (χ3n) is 3.59. The van der Waals surface area contributed by atoms with Crippen LogP contribution in [-0.2, 0) is 9.59 Å². The third-order valence-corrected chi connectivity index (χ3v) is 3.59. The van der Waals surface area contributed by atoms with Crippen molar-refractivity contribution in [3.05, 3.63) is 0 Å². The Bertz CT molecular complexity index is 297. The standard InChI is InChI=1S/C11H18N2O2/c1-8-6-9(14)13(10(8)15)7-11(2-3-11)4-5-12/h8H,2-7,12H2,1H3. The molecule has 0 aromatic rings. The molecular formula is C11H18N2O2. The van der Waals surface area contributed by atoms with Crippen molar-refractivity contribution < 1.29 is 9.59 Å². The molecule has 2 aliphatic rings. The molecule has 0 spiro atoms. The number of amides is 2. The van der Waals surface area contributed by atoms with Gasteiger partial charge in [-0.1, -0.05) is 6.92 Å². The highest BCUT2D eigenvalue weighted by atomic mass is 16.2. The molecule has 15 heavy (non-hydrogen) atoms. The Morgan fingerprint density at radius 3 is 2.53 bits per heavy atom. The van der Waals surface area contributed by atoms with E-state index in [4.69, 9.17) is 5.73 Å². The van der Waals surface area contributed by atoms with Gasteiger partial charge in [0.1, 0.15) is 0 Å². The molecule has 1 aliphatic carbocycles. The van der Waals surface area contributed by atoms with Gasteiger partial charge in [0.2, 0.25) is 11.8 Å². The summed E-state index contributed by atoms with van der Waals surface area (Å²) in [5, 5.41) is 0. The van der Waals surface area contributed by atoms with Gasteiger partial charge >= 0.3 is 0 Å². The smallest absolute Gasteiger partial charge is 0.232 e. The number of imide groups is 1. The van der Waals surface area contributed by atoms with Crippen molar-refractivity contribution in [2.45, 2.75) is 32.6 Å². The number of carbonyl (C=O) groups excluding carboxylic acids is 2. The van der Waals surface area contributed by atoms with Gasteiger partial charge in [0, 0.05) is 18.9 Å². The fourth-order valence-electron chi connectivity index (χ4n) is 2.32. The molecule has 84 valence electrons. The van der Waals surface area contributed by atoms with E-state index >= 15 is 0 Å². The third kappa shape index (κ3) is 1.91. The van der Waals surface area contributed by atoms with Crippen LogP contribution in [0.2, 0.25) is 0 Å². The summed E-state index contributed by atoms with van der Waals surface area (Å²) in [4.78, 5) is 24.7. The molecule has 4 heteroatoms. The van der Waals surface area contributed by atoms with Crippen molar-refractivity contribution in [2.24, 2.45) is 17.1 Å². The number of nitrogens with zero attached hydrogens (tertiary/aromatic N) is 1. The largest absolute Gasteiger partial charge is 0.330 e. The Balaban J connectivity index is 2.00. The summed E-state index contributed by atoms with van der Waals surface area (Å²) in [5.41, 5.74) is 5.71. The van der Waals surface area contributed by atoms with E-state index in [1.807, 2.05) is 6.92 Å². The molecule has 1 saturated carbocycles. The molecular weight excluding hydrogens is 192 g/mol. The number of rotatable bonds is 4. The maximum atomic E-state index is 11.7. The van der Waals surface area contributed by atoms with E-state index in [-0.39, 0.29) is 23.1 Å². The summed E-state index contributed by atoms with van der Waals surface area (Å²) >= 11 is 0. The van der Waals surface area contributed by atoms with Crippen molar-refractivity contribution in [3.63, 3.8) is 0 Å². The van der Waals surface area contributed by atoms with Gasteiger partial charge in [-0.25, -0.2) is 0 Å². The van der Waals surface area contributed by atoms with E-state index < -0.39 is 0 Å². The zero-order valence-corrected chi connectivity index (χ0v) is 9.16. The summed E-state index contributed by atoms with van der Waals surface area (Å²) in [5.74, 6) is -0.120. The zero-order chi connectivity index (χ0) is 11.1. The van der Waals surface area contributed by atoms with Crippen LogP contribution >= 0.6 is 0 Å². The second-order valence-electron chi connectivity index (χ2n) is 4.96. The summed E-state index contributed by atoms with van der Waals surface area (Å²) in [6.07, 6.45) is 3.53. The fraction of sp³-hybridized carbons (Fsp3) is 0.818. The first-order valence-electron chi connectivity index (χ1n) is 5.62. The fourth-order valence-corrected chi connectivity index (χ4v) is 2.32. The molecule has 0 aromatic carbocycles. The molecule has 1 unspecified atom stereocenters. The maximum absolute atomic E-state index is 11.7. The van der Waals surface area contributed by atoms with Crippen LogP contribution in [0.15, 0.2) is 0 Å². The Kier molecular flexibility index (Phi) is 2.54. The Hall–Kier alpha value is -0.900. The lowest BCUT2D eigenvalue weighted by molar-refractivity contribution is -0.140. The highest BCUT2D eigenvalue weighted by molar-refractivity contribution is 6.03. The molecule has 2 amide bonds. The number of carbonyl (C=O) groups is 2. The highest BCUT2D eigenvalue weighted by Crippen LogP contribution is 2.49. The predicted molar refractivity (Wildman–Crippen MR) is 55.8 cm³/mol. The molecule has 4 nitrogen and oxygen atoms in total. The van der Waals surface area contributed by atoms with Gasteiger partial charge in [0.15, 0.2) is 0 Å². The lowest BCUT2D eigenvalue weighted by atomic mass is 10.0. The molecule has 1 atom stereocenters. The highest BCUT2D eigenvalue weighted by Gasteiger charge is 2.47. The van der Waals surface area contributed by atoms with E-state index in [1.165, 1.54) is 4.90 Å². The van der Waals surface area contributed by atoms with Crippen molar-refractivity contribution >= 4 is 11.8 Å². The summed E-state index contributed by atoms with van der Waals surface area (Å²) < 4.78 is 0. The monoisotopic (exact) mass is 210 g/mol. The topological polar surface area (TPSA) is 63.4 Å². The van der Waals surface area contributed by atoms with Gasteiger partial charge in [0.25, 0.3) is 0 Å². The van der Waals surface area contributed by atoms with Crippen LogP contribution in [0.5, 0.6) is 0 Å². The van der Waals surface area contributed by atoms with Crippen LogP contribution < -0.4 is 5.73 Å². The minimum Gasteiger partial charge on any atom is -0.330 e. The normalized spacial score (nSPS) is 28.7. The molecule has 2 N–H and O–H groups in total. The zero-order valence-electron chi connectivity index (χ0n) is 9.16. The first kappa shape index (κ1) is 10.6. The lowest BCUT2D eigenvalue weighted by Crippen LogP contribution is -2.36. The minimum absolute atomic E-state index is 0.00305. The maximum Gasteiger partial charge on any atom is 0.232 e. The first-order chi connectivity index (χ1) is 7.08. The summed E-state index contributed by atoms with van der Waals surface area (Å²) in [7, 11) is 0. The van der Waals surface area contributed by atoms with E-state index in [2.05, 4.69) is 0 Å². The van der Waals surface area contributed by atoms with Gasteiger partial charge in [0.05, 0.1) is 0 Å². The van der Waals surface area contributed by atoms with Crippen LogP contribution in [0.25, 0.3) is 0 Å². The second-order valence-corrected chi connectivity index (χ2v) is 4.96. The molecule has 2 fully saturated rings. The number of hydrogen-bond acceptors (Lipinski definition) is 3. The van der Waals surface area contributed by atoms with Gasteiger partial charge in [-0.15, -0.1) is 0 Å². The SMILES string of the molecule is CC1CC(=O)N(CC2(CCN)CC2)C1=O. The van der Waals surface area contributed by atoms with Crippen molar-refractivity contribution in [2.75, 3.05) is 13.1 Å². The minimum atomic E-state index is -0.119. The van der Waals surface area contributed by atoms with Gasteiger partial charge in [-0.2, -0.15) is 0 Å². The van der Waals surface area contributed by atoms with Crippen LogP contribution in [0, 0.1) is 11.3 Å². The Morgan fingerprint density at radius 1 is 1.47 bits per heavy atom. The van der Waals surface area contributed by atoms with Crippen molar-refractivity contribution in [1.82, 2.24) is 4.90 Å². The lowest BCUT2D eigenvalue weighted by Gasteiger charge is -2.21. The molecule has 0 bridgehead atoms. The summed E-state index contributed by atoms with van der Waals surface area (Å²) in [6.45, 7) is 3.07. The average Bonchev–Trinajstić information content (AvgIpc) is 2.89. The van der Waals surface area contributed by atoms with Crippen LogP contribution in [0.1, 0.15) is 32.6 Å². The quantitative estimate of drug-likeness (QED) is 0.688. The van der Waals surface area contributed by atoms with E-state index in [0.717, 1.165) is 19.3 Å². The summed E-state index contributed by atoms with van der Waals surface area (Å²) in [6, 6.07) is 0. The van der Waals surface area contributed by atoms with Crippen molar-refractivity contribution in [1.29, 1.82) is 0 Å². The second kappa shape index (κ2) is 3.59. The van der Waals surface area contributed by atoms with Crippen molar-refractivity contribution in [3.8, 4) is 0 Å². The van der Waals surface area contributed by atoms with Crippen LogP contribution in [0.4, 0.5) is 0 Å². The molecule has 1 heterocycles. The molecule has 2 rings (SSSR count). The number of hydrogen-bond donors (Lipinski definition) is 1. The van der Waals surface area contributed by atoms with E-state index in [1.54, 1.807) is 0 Å². The van der Waals surface area contributed by atoms with Crippen LogP contribution in [0.3, 0.4) is 0 Å². The average molecular weight is 210 g/mol. The molecule has 0 aromatic heterocycles. The predicted octanol–water partition coefficient (Wildman–Crippen LogP) is 0.510. The molecule has 0 radical (unpaired) electrons. The van der Waals surface area contributed by atoms with Gasteiger partial charge in [-0.3, -0.25) is 14.5 Å². The number of likely N-dealkylation sites (tertiary alicyclic amines) is 1. The Morgan fingerprint density at radius 2 is 2.13 bits per heavy atom. The van der Waals surface area contributed by atoms with E-state index in [9.17, 15) is 9.59 Å².